The fourth-order valence-corrected chi connectivity index (χ4v) is 3.14. The molecule has 0 aliphatic rings. The summed E-state index contributed by atoms with van der Waals surface area (Å²) in [6.45, 7) is 2.13. The normalized spacial score (nSPS) is 11.1. The second kappa shape index (κ2) is 10.9. The molecule has 3 rings (SSSR count). The van der Waals surface area contributed by atoms with E-state index in [-0.39, 0.29) is 18.4 Å². The highest BCUT2D eigenvalue weighted by Crippen LogP contribution is 2.18. The first-order chi connectivity index (χ1) is 15.1. The smallest absolute Gasteiger partial charge is 0.337 e. The van der Waals surface area contributed by atoms with Crippen LogP contribution in [0.15, 0.2) is 83.9 Å². The molecular weight excluding hydrogens is 390 g/mol. The summed E-state index contributed by atoms with van der Waals surface area (Å²) >= 11 is 0. The number of benzene rings is 3. The van der Waals surface area contributed by atoms with Crippen LogP contribution in [0.1, 0.15) is 40.4 Å². The third-order valence-electron chi connectivity index (χ3n) is 4.71. The number of rotatable bonds is 8. The van der Waals surface area contributed by atoms with Crippen LogP contribution in [0.25, 0.3) is 0 Å². The molecule has 0 aliphatic carbocycles. The van der Waals surface area contributed by atoms with Crippen LogP contribution in [0.2, 0.25) is 0 Å². The van der Waals surface area contributed by atoms with Gasteiger partial charge in [0.15, 0.2) is 0 Å². The highest BCUT2D eigenvalue weighted by molar-refractivity contribution is 6.10. The first-order valence-electron chi connectivity index (χ1n) is 10.1. The van der Waals surface area contributed by atoms with Gasteiger partial charge in [0.1, 0.15) is 0 Å². The van der Waals surface area contributed by atoms with Gasteiger partial charge in [-0.1, -0.05) is 54.6 Å². The molecule has 0 atom stereocenters. The summed E-state index contributed by atoms with van der Waals surface area (Å²) in [6, 6.07) is 24.9. The Labute approximate surface area is 182 Å². The number of ether oxygens (including phenoxy) is 2. The van der Waals surface area contributed by atoms with Gasteiger partial charge in [-0.25, -0.2) is 4.79 Å². The molecule has 0 saturated carbocycles. The Morgan fingerprint density at radius 3 is 1.94 bits per heavy atom. The van der Waals surface area contributed by atoms with Crippen molar-refractivity contribution < 1.29 is 19.1 Å². The summed E-state index contributed by atoms with van der Waals surface area (Å²) in [5.41, 5.74) is 5.06. The molecule has 0 aromatic heterocycles. The molecule has 5 nitrogen and oxygen atoms in total. The van der Waals surface area contributed by atoms with E-state index >= 15 is 0 Å². The SMILES string of the molecule is CCOC(=O)CC(=Nc1ccccc1)c1ccc(Cc2ccc(C(=O)OC)cc2)cc1. The molecule has 0 aliphatic heterocycles. The van der Waals surface area contributed by atoms with Crippen molar-refractivity contribution in [3.8, 4) is 0 Å². The number of hydrogen-bond donors (Lipinski definition) is 0. The van der Waals surface area contributed by atoms with E-state index in [1.54, 1.807) is 19.1 Å². The average Bonchev–Trinajstić information content (AvgIpc) is 2.80. The molecule has 3 aromatic carbocycles. The van der Waals surface area contributed by atoms with E-state index < -0.39 is 0 Å². The lowest BCUT2D eigenvalue weighted by atomic mass is 10.00. The van der Waals surface area contributed by atoms with E-state index in [0.29, 0.717) is 17.9 Å². The van der Waals surface area contributed by atoms with Crippen LogP contribution in [-0.4, -0.2) is 31.4 Å². The molecule has 0 saturated heterocycles. The van der Waals surface area contributed by atoms with Gasteiger partial charge < -0.3 is 9.47 Å². The largest absolute Gasteiger partial charge is 0.466 e. The minimum Gasteiger partial charge on any atom is -0.466 e. The number of methoxy groups -OCH3 is 1. The number of hydrogen-bond acceptors (Lipinski definition) is 5. The molecule has 5 heteroatoms. The summed E-state index contributed by atoms with van der Waals surface area (Å²) < 4.78 is 9.85. The van der Waals surface area contributed by atoms with Crippen molar-refractivity contribution in [2.24, 2.45) is 4.99 Å². The third-order valence-corrected chi connectivity index (χ3v) is 4.71. The van der Waals surface area contributed by atoms with E-state index in [1.165, 1.54) is 7.11 Å². The van der Waals surface area contributed by atoms with E-state index in [9.17, 15) is 9.59 Å². The van der Waals surface area contributed by atoms with Crippen molar-refractivity contribution >= 4 is 23.3 Å². The topological polar surface area (TPSA) is 65.0 Å². The van der Waals surface area contributed by atoms with E-state index in [2.05, 4.69) is 4.99 Å². The van der Waals surface area contributed by atoms with Crippen LogP contribution < -0.4 is 0 Å². The summed E-state index contributed by atoms with van der Waals surface area (Å²) in [5, 5.41) is 0. The van der Waals surface area contributed by atoms with E-state index in [1.807, 2.05) is 66.7 Å². The van der Waals surface area contributed by atoms with Gasteiger partial charge in [-0.15, -0.1) is 0 Å². The van der Waals surface area contributed by atoms with Crippen molar-refractivity contribution in [3.05, 3.63) is 101 Å². The predicted molar refractivity (Wildman–Crippen MR) is 121 cm³/mol. The van der Waals surface area contributed by atoms with Crippen LogP contribution in [0.3, 0.4) is 0 Å². The summed E-state index contributed by atoms with van der Waals surface area (Å²) in [7, 11) is 1.37. The van der Waals surface area contributed by atoms with Gasteiger partial charge in [0, 0.05) is 0 Å². The van der Waals surface area contributed by atoms with Crippen LogP contribution in [0, 0.1) is 0 Å². The number of nitrogens with zero attached hydrogens (tertiary/aromatic N) is 1. The molecular formula is C26H25NO4. The maximum absolute atomic E-state index is 12.1. The molecule has 3 aromatic rings. The lowest BCUT2D eigenvalue weighted by Crippen LogP contribution is -2.12. The second-order valence-electron chi connectivity index (χ2n) is 6.94. The standard InChI is InChI=1S/C26H25NO4/c1-3-31-25(28)18-24(27-23-7-5-4-6-8-23)21-13-9-19(10-14-21)17-20-11-15-22(16-12-20)26(29)30-2/h4-16H,3,17-18H2,1-2H3. The minimum atomic E-state index is -0.345. The second-order valence-corrected chi connectivity index (χ2v) is 6.94. The van der Waals surface area contributed by atoms with Gasteiger partial charge in [0.05, 0.1) is 37.1 Å². The first-order valence-corrected chi connectivity index (χ1v) is 10.1. The highest BCUT2D eigenvalue weighted by Gasteiger charge is 2.12. The molecule has 0 N–H and O–H groups in total. The Hall–Kier alpha value is -3.73. The molecule has 31 heavy (non-hydrogen) atoms. The molecule has 0 unspecified atom stereocenters. The van der Waals surface area contributed by atoms with Crippen LogP contribution in [-0.2, 0) is 20.7 Å². The summed E-state index contributed by atoms with van der Waals surface area (Å²) in [6.07, 6.45) is 0.835. The first kappa shape index (κ1) is 22.0. The predicted octanol–water partition coefficient (Wildman–Crippen LogP) is 5.14. The molecule has 0 heterocycles. The van der Waals surface area contributed by atoms with Crippen molar-refractivity contribution in [1.82, 2.24) is 0 Å². The molecule has 0 amide bonds. The Kier molecular flexibility index (Phi) is 7.71. The van der Waals surface area contributed by atoms with Crippen molar-refractivity contribution in [1.29, 1.82) is 0 Å². The molecule has 0 radical (unpaired) electrons. The Morgan fingerprint density at radius 2 is 1.39 bits per heavy atom. The zero-order valence-electron chi connectivity index (χ0n) is 17.7. The molecule has 0 spiro atoms. The quantitative estimate of drug-likeness (QED) is 0.378. The number of esters is 2. The van der Waals surface area contributed by atoms with Crippen LogP contribution in [0.5, 0.6) is 0 Å². The maximum Gasteiger partial charge on any atom is 0.337 e. The monoisotopic (exact) mass is 415 g/mol. The molecule has 0 bridgehead atoms. The van der Waals surface area contributed by atoms with Crippen molar-refractivity contribution in [2.45, 2.75) is 19.8 Å². The maximum atomic E-state index is 12.1. The number of para-hydroxylation sites is 1. The van der Waals surface area contributed by atoms with Gasteiger partial charge in [0.2, 0.25) is 0 Å². The zero-order chi connectivity index (χ0) is 22.1. The van der Waals surface area contributed by atoms with E-state index in [0.717, 1.165) is 28.8 Å². The molecule has 0 fully saturated rings. The fraction of sp³-hybridized carbons (Fsp3) is 0.192. The Morgan fingerprint density at radius 1 is 0.806 bits per heavy atom. The Bertz CT molecular complexity index is 1040. The number of carbonyl (C=O) groups is 2. The van der Waals surface area contributed by atoms with Gasteiger partial charge in [-0.2, -0.15) is 0 Å². The van der Waals surface area contributed by atoms with Gasteiger partial charge in [-0.05, 0) is 54.3 Å². The fourth-order valence-electron chi connectivity index (χ4n) is 3.14. The van der Waals surface area contributed by atoms with Gasteiger partial charge in [-0.3, -0.25) is 9.79 Å². The zero-order valence-corrected chi connectivity index (χ0v) is 17.7. The van der Waals surface area contributed by atoms with Crippen molar-refractivity contribution in [3.63, 3.8) is 0 Å². The summed E-state index contributed by atoms with van der Waals surface area (Å²) in [4.78, 5) is 28.3. The lowest BCUT2D eigenvalue weighted by Gasteiger charge is -2.09. The third kappa shape index (κ3) is 6.37. The van der Waals surface area contributed by atoms with E-state index in [4.69, 9.17) is 9.47 Å². The average molecular weight is 415 g/mol. The number of aliphatic imine (C=N–C) groups is 1. The highest BCUT2D eigenvalue weighted by atomic mass is 16.5. The van der Waals surface area contributed by atoms with Gasteiger partial charge >= 0.3 is 11.9 Å². The van der Waals surface area contributed by atoms with Crippen LogP contribution >= 0.6 is 0 Å². The minimum absolute atomic E-state index is 0.108. The number of carbonyl (C=O) groups excluding carboxylic acids is 2. The van der Waals surface area contributed by atoms with Crippen LogP contribution in [0.4, 0.5) is 5.69 Å². The van der Waals surface area contributed by atoms with Crippen molar-refractivity contribution in [2.75, 3.05) is 13.7 Å². The lowest BCUT2D eigenvalue weighted by molar-refractivity contribution is -0.141. The Balaban J connectivity index is 1.78. The van der Waals surface area contributed by atoms with Gasteiger partial charge in [0.25, 0.3) is 0 Å². The molecule has 158 valence electrons. The summed E-state index contributed by atoms with van der Waals surface area (Å²) in [5.74, 6) is -0.644.